The Hall–Kier alpha value is -0.930. The molecule has 0 aliphatic carbocycles. The number of hydrogen-bond donors (Lipinski definition) is 2. The van der Waals surface area contributed by atoms with E-state index in [9.17, 15) is 4.39 Å². The van der Waals surface area contributed by atoms with Gasteiger partial charge in [0.25, 0.3) is 0 Å². The lowest BCUT2D eigenvalue weighted by Crippen LogP contribution is -2.38. The van der Waals surface area contributed by atoms with Crippen LogP contribution in [0.4, 0.5) is 4.39 Å². The minimum absolute atomic E-state index is 0. The van der Waals surface area contributed by atoms with Crippen molar-refractivity contribution in [2.75, 3.05) is 46.6 Å². The fourth-order valence-electron chi connectivity index (χ4n) is 2.11. The first-order valence-electron chi connectivity index (χ1n) is 8.59. The maximum atomic E-state index is 13.1. The molecule has 0 spiro atoms. The van der Waals surface area contributed by atoms with E-state index in [0.29, 0.717) is 13.2 Å². The van der Waals surface area contributed by atoms with Crippen molar-refractivity contribution in [3.05, 3.63) is 35.6 Å². The lowest BCUT2D eigenvalue weighted by molar-refractivity contribution is 0.0690. The van der Waals surface area contributed by atoms with Gasteiger partial charge in [-0.2, -0.15) is 0 Å². The number of nitrogens with zero attached hydrogens (tertiary/aromatic N) is 1. The summed E-state index contributed by atoms with van der Waals surface area (Å²) in [6.07, 6.45) is 2.72. The van der Waals surface area contributed by atoms with Gasteiger partial charge in [0.2, 0.25) is 0 Å². The van der Waals surface area contributed by atoms with Gasteiger partial charge in [0.05, 0.1) is 13.2 Å². The Morgan fingerprint density at radius 1 is 1.16 bits per heavy atom. The Kier molecular flexibility index (Phi) is 15.9. The lowest BCUT2D eigenvalue weighted by atomic mass is 10.1. The van der Waals surface area contributed by atoms with E-state index in [2.05, 4.69) is 15.6 Å². The Labute approximate surface area is 167 Å². The molecule has 2 N–H and O–H groups in total. The van der Waals surface area contributed by atoms with Gasteiger partial charge in [0, 0.05) is 33.4 Å². The monoisotopic (exact) mass is 467 g/mol. The summed E-state index contributed by atoms with van der Waals surface area (Å²) < 4.78 is 23.5. The van der Waals surface area contributed by atoms with Crippen LogP contribution in [0.25, 0.3) is 0 Å². The maximum absolute atomic E-state index is 13.1. The number of aliphatic imine (C=N–C) groups is 1. The SMILES string of the molecule is CCNC(=NCCCCOCCOC)NCCc1cccc(F)c1.I. The molecule has 0 aliphatic rings. The Morgan fingerprint density at radius 2 is 2.00 bits per heavy atom. The molecular formula is C18H31FIN3O2. The maximum Gasteiger partial charge on any atom is 0.191 e. The standard InChI is InChI=1S/C18H30FN3O2.HI/c1-3-20-18(21-10-4-5-12-24-14-13-23-2)22-11-9-16-7-6-8-17(19)15-16;/h6-8,15H,3-5,9-14H2,1-2H3,(H2,20,21,22);1H. The van der Waals surface area contributed by atoms with Crippen LogP contribution in [0, 0.1) is 5.82 Å². The second-order valence-corrected chi connectivity index (χ2v) is 5.38. The van der Waals surface area contributed by atoms with Crippen LogP contribution in [0.3, 0.4) is 0 Å². The molecule has 0 saturated carbocycles. The zero-order valence-electron chi connectivity index (χ0n) is 15.2. The molecule has 0 radical (unpaired) electrons. The molecule has 0 atom stereocenters. The average molecular weight is 467 g/mol. The molecule has 0 amide bonds. The lowest BCUT2D eigenvalue weighted by Gasteiger charge is -2.11. The second-order valence-electron chi connectivity index (χ2n) is 5.38. The first kappa shape index (κ1) is 24.1. The third-order valence-electron chi connectivity index (χ3n) is 3.34. The van der Waals surface area contributed by atoms with E-state index < -0.39 is 0 Å². The van der Waals surface area contributed by atoms with Gasteiger partial charge in [-0.1, -0.05) is 12.1 Å². The molecule has 0 heterocycles. The molecule has 0 saturated heterocycles. The molecule has 5 nitrogen and oxygen atoms in total. The van der Waals surface area contributed by atoms with Crippen LogP contribution in [0.1, 0.15) is 25.3 Å². The molecule has 1 rings (SSSR count). The number of methoxy groups -OCH3 is 1. The summed E-state index contributed by atoms with van der Waals surface area (Å²) in [5.74, 6) is 0.606. The second kappa shape index (κ2) is 16.5. The molecular weight excluding hydrogens is 436 g/mol. The smallest absolute Gasteiger partial charge is 0.191 e. The van der Waals surface area contributed by atoms with Crippen molar-refractivity contribution in [2.45, 2.75) is 26.2 Å². The summed E-state index contributed by atoms with van der Waals surface area (Å²) >= 11 is 0. The molecule has 0 bridgehead atoms. The van der Waals surface area contributed by atoms with Crippen molar-refractivity contribution in [2.24, 2.45) is 4.99 Å². The van der Waals surface area contributed by atoms with E-state index in [-0.39, 0.29) is 29.8 Å². The number of halogens is 2. The minimum atomic E-state index is -0.194. The van der Waals surface area contributed by atoms with Crippen LogP contribution < -0.4 is 10.6 Å². The van der Waals surface area contributed by atoms with E-state index in [1.165, 1.54) is 6.07 Å². The van der Waals surface area contributed by atoms with Crippen molar-refractivity contribution in [3.63, 3.8) is 0 Å². The fraction of sp³-hybridized carbons (Fsp3) is 0.611. The van der Waals surface area contributed by atoms with Crippen molar-refractivity contribution in [1.82, 2.24) is 10.6 Å². The molecule has 7 heteroatoms. The van der Waals surface area contributed by atoms with Crippen LogP contribution in [0.2, 0.25) is 0 Å². The number of rotatable bonds is 12. The van der Waals surface area contributed by atoms with Crippen LogP contribution in [-0.2, 0) is 15.9 Å². The largest absolute Gasteiger partial charge is 0.382 e. The molecule has 0 fully saturated rings. The van der Waals surface area contributed by atoms with Gasteiger partial charge in [-0.15, -0.1) is 24.0 Å². The Bertz CT molecular complexity index is 475. The molecule has 1 aromatic carbocycles. The molecule has 0 aliphatic heterocycles. The highest BCUT2D eigenvalue weighted by molar-refractivity contribution is 14.0. The van der Waals surface area contributed by atoms with Gasteiger partial charge in [-0.3, -0.25) is 4.99 Å². The van der Waals surface area contributed by atoms with E-state index in [1.54, 1.807) is 19.2 Å². The van der Waals surface area contributed by atoms with Gasteiger partial charge in [-0.25, -0.2) is 4.39 Å². The van der Waals surface area contributed by atoms with Gasteiger partial charge in [0.15, 0.2) is 5.96 Å². The number of nitrogens with one attached hydrogen (secondary N) is 2. The molecule has 1 aromatic rings. The van der Waals surface area contributed by atoms with Crippen molar-refractivity contribution in [3.8, 4) is 0 Å². The number of ether oxygens (including phenoxy) is 2. The highest BCUT2D eigenvalue weighted by Crippen LogP contribution is 2.03. The summed E-state index contributed by atoms with van der Waals surface area (Å²) in [6.45, 7) is 6.34. The summed E-state index contributed by atoms with van der Waals surface area (Å²) in [5, 5.41) is 6.49. The van der Waals surface area contributed by atoms with Gasteiger partial charge in [0.1, 0.15) is 5.82 Å². The van der Waals surface area contributed by atoms with Crippen LogP contribution in [-0.4, -0.2) is 52.5 Å². The van der Waals surface area contributed by atoms with E-state index in [4.69, 9.17) is 9.47 Å². The number of benzene rings is 1. The quantitative estimate of drug-likeness (QED) is 0.215. The fourth-order valence-corrected chi connectivity index (χ4v) is 2.11. The zero-order valence-corrected chi connectivity index (χ0v) is 17.6. The van der Waals surface area contributed by atoms with E-state index in [1.807, 2.05) is 13.0 Å². The van der Waals surface area contributed by atoms with Crippen molar-refractivity contribution in [1.29, 1.82) is 0 Å². The van der Waals surface area contributed by atoms with Crippen LogP contribution in [0.5, 0.6) is 0 Å². The minimum Gasteiger partial charge on any atom is -0.382 e. The highest BCUT2D eigenvalue weighted by Gasteiger charge is 1.99. The van der Waals surface area contributed by atoms with Crippen LogP contribution >= 0.6 is 24.0 Å². The average Bonchev–Trinajstić information content (AvgIpc) is 2.57. The third kappa shape index (κ3) is 13.0. The summed E-state index contributed by atoms with van der Waals surface area (Å²) in [7, 11) is 1.67. The van der Waals surface area contributed by atoms with Gasteiger partial charge < -0.3 is 20.1 Å². The molecule has 144 valence electrons. The Balaban J connectivity index is 0.00000576. The predicted octanol–water partition coefficient (Wildman–Crippen LogP) is 2.98. The zero-order chi connectivity index (χ0) is 17.5. The van der Waals surface area contributed by atoms with Crippen molar-refractivity contribution >= 4 is 29.9 Å². The summed E-state index contributed by atoms with van der Waals surface area (Å²) in [6, 6.07) is 6.69. The van der Waals surface area contributed by atoms with Crippen molar-refractivity contribution < 1.29 is 13.9 Å². The van der Waals surface area contributed by atoms with E-state index in [0.717, 1.165) is 57.0 Å². The summed E-state index contributed by atoms with van der Waals surface area (Å²) in [5.41, 5.74) is 0.978. The predicted molar refractivity (Wildman–Crippen MR) is 111 cm³/mol. The van der Waals surface area contributed by atoms with E-state index >= 15 is 0 Å². The first-order valence-corrected chi connectivity index (χ1v) is 8.59. The molecule has 0 aromatic heterocycles. The number of hydrogen-bond acceptors (Lipinski definition) is 3. The summed E-state index contributed by atoms with van der Waals surface area (Å²) in [4.78, 5) is 4.54. The molecule has 0 unspecified atom stereocenters. The Morgan fingerprint density at radius 3 is 2.72 bits per heavy atom. The third-order valence-corrected chi connectivity index (χ3v) is 3.34. The topological polar surface area (TPSA) is 54.9 Å². The number of guanidine groups is 1. The number of unbranched alkanes of at least 4 members (excludes halogenated alkanes) is 1. The van der Waals surface area contributed by atoms with Gasteiger partial charge >= 0.3 is 0 Å². The molecule has 25 heavy (non-hydrogen) atoms. The van der Waals surface area contributed by atoms with Crippen LogP contribution in [0.15, 0.2) is 29.3 Å². The first-order chi connectivity index (χ1) is 11.8. The highest BCUT2D eigenvalue weighted by atomic mass is 127. The van der Waals surface area contributed by atoms with Gasteiger partial charge in [-0.05, 0) is 43.9 Å². The normalized spacial score (nSPS) is 11.1.